The molecule has 0 saturated carbocycles. The lowest BCUT2D eigenvalue weighted by Crippen LogP contribution is -2.08. The molecule has 0 spiro atoms. The van der Waals surface area contributed by atoms with E-state index in [1.54, 1.807) is 6.07 Å². The van der Waals surface area contributed by atoms with Crippen molar-refractivity contribution in [3.63, 3.8) is 0 Å². The largest absolute Gasteiger partial charge is 0.369 e. The second kappa shape index (κ2) is 5.20. The standard InChI is InChI=1S/C15H18FN5/c1-10-8-11(2)21(19-10)7-3-6-20-14-9-12(16)4-5-13(14)18-15(20)17/h4-5,8-9H,3,6-7H2,1-2H3,(H2,17,18). The van der Waals surface area contributed by atoms with Gasteiger partial charge in [-0.1, -0.05) is 0 Å². The van der Waals surface area contributed by atoms with Gasteiger partial charge in [-0.15, -0.1) is 0 Å². The smallest absolute Gasteiger partial charge is 0.201 e. The lowest BCUT2D eigenvalue weighted by molar-refractivity contribution is 0.523. The lowest BCUT2D eigenvalue weighted by atomic mass is 10.3. The van der Waals surface area contributed by atoms with E-state index in [-0.39, 0.29) is 5.82 Å². The van der Waals surface area contributed by atoms with Crippen LogP contribution < -0.4 is 5.73 Å². The lowest BCUT2D eigenvalue weighted by Gasteiger charge is -2.08. The maximum Gasteiger partial charge on any atom is 0.201 e. The summed E-state index contributed by atoms with van der Waals surface area (Å²) in [6, 6.07) is 6.58. The molecule has 3 rings (SSSR count). The summed E-state index contributed by atoms with van der Waals surface area (Å²) >= 11 is 0. The van der Waals surface area contributed by atoms with Gasteiger partial charge in [0.1, 0.15) is 5.82 Å². The van der Waals surface area contributed by atoms with Crippen molar-refractivity contribution in [3.8, 4) is 0 Å². The van der Waals surface area contributed by atoms with Crippen LogP contribution in [0.3, 0.4) is 0 Å². The molecular formula is C15H18FN5. The topological polar surface area (TPSA) is 61.7 Å². The molecule has 2 aromatic heterocycles. The molecule has 0 amide bonds. The highest BCUT2D eigenvalue weighted by Crippen LogP contribution is 2.19. The number of rotatable bonds is 4. The first-order valence-corrected chi connectivity index (χ1v) is 6.97. The summed E-state index contributed by atoms with van der Waals surface area (Å²) in [4.78, 5) is 4.25. The van der Waals surface area contributed by atoms with E-state index in [9.17, 15) is 4.39 Å². The Labute approximate surface area is 122 Å². The van der Waals surface area contributed by atoms with E-state index in [2.05, 4.69) is 16.1 Å². The van der Waals surface area contributed by atoms with Crippen molar-refractivity contribution in [1.82, 2.24) is 19.3 Å². The van der Waals surface area contributed by atoms with Gasteiger partial charge in [0.15, 0.2) is 0 Å². The Morgan fingerprint density at radius 3 is 2.71 bits per heavy atom. The van der Waals surface area contributed by atoms with Crippen molar-refractivity contribution in [2.75, 3.05) is 5.73 Å². The molecule has 0 aliphatic rings. The maximum absolute atomic E-state index is 13.4. The normalized spacial score (nSPS) is 11.4. The Morgan fingerprint density at radius 1 is 1.19 bits per heavy atom. The number of hydrogen-bond donors (Lipinski definition) is 1. The fraction of sp³-hybridized carbons (Fsp3) is 0.333. The minimum atomic E-state index is -0.276. The van der Waals surface area contributed by atoms with Gasteiger partial charge in [-0.25, -0.2) is 9.37 Å². The monoisotopic (exact) mass is 287 g/mol. The van der Waals surface area contributed by atoms with E-state index in [1.807, 2.05) is 23.1 Å². The number of aromatic nitrogens is 4. The van der Waals surface area contributed by atoms with Gasteiger partial charge in [0.2, 0.25) is 5.95 Å². The molecule has 0 bridgehead atoms. The molecule has 0 unspecified atom stereocenters. The Kier molecular flexibility index (Phi) is 3.37. The predicted molar refractivity (Wildman–Crippen MR) is 80.4 cm³/mol. The van der Waals surface area contributed by atoms with E-state index < -0.39 is 0 Å². The third-order valence-electron chi connectivity index (χ3n) is 3.59. The molecule has 2 heterocycles. The van der Waals surface area contributed by atoms with Crippen molar-refractivity contribution in [1.29, 1.82) is 0 Å². The number of anilines is 1. The highest BCUT2D eigenvalue weighted by Gasteiger charge is 2.09. The summed E-state index contributed by atoms with van der Waals surface area (Å²) in [6.07, 6.45) is 0.855. The minimum absolute atomic E-state index is 0.276. The summed E-state index contributed by atoms with van der Waals surface area (Å²) in [5.41, 5.74) is 9.54. The summed E-state index contributed by atoms with van der Waals surface area (Å²) in [5, 5.41) is 4.43. The molecule has 1 aromatic carbocycles. The molecule has 0 radical (unpaired) electrons. The SMILES string of the molecule is Cc1cc(C)n(CCCn2c(N)nc3ccc(F)cc32)n1. The van der Waals surface area contributed by atoms with E-state index >= 15 is 0 Å². The first-order valence-electron chi connectivity index (χ1n) is 6.97. The summed E-state index contributed by atoms with van der Waals surface area (Å²) in [5.74, 6) is 0.145. The molecular weight excluding hydrogens is 269 g/mol. The third-order valence-corrected chi connectivity index (χ3v) is 3.59. The van der Waals surface area contributed by atoms with E-state index in [4.69, 9.17) is 5.73 Å². The predicted octanol–water partition coefficient (Wildman–Crippen LogP) is 2.66. The second-order valence-electron chi connectivity index (χ2n) is 5.26. The first-order chi connectivity index (χ1) is 10.0. The zero-order chi connectivity index (χ0) is 15.0. The van der Waals surface area contributed by atoms with Crippen molar-refractivity contribution in [2.45, 2.75) is 33.4 Å². The van der Waals surface area contributed by atoms with Crippen LogP contribution in [0.1, 0.15) is 17.8 Å². The van der Waals surface area contributed by atoms with Gasteiger partial charge < -0.3 is 10.3 Å². The van der Waals surface area contributed by atoms with Gasteiger partial charge in [-0.3, -0.25) is 4.68 Å². The van der Waals surface area contributed by atoms with Gasteiger partial charge in [0.05, 0.1) is 16.7 Å². The van der Waals surface area contributed by atoms with Crippen molar-refractivity contribution in [2.24, 2.45) is 0 Å². The molecule has 21 heavy (non-hydrogen) atoms. The van der Waals surface area contributed by atoms with Crippen molar-refractivity contribution < 1.29 is 4.39 Å². The molecule has 6 heteroatoms. The van der Waals surface area contributed by atoms with Gasteiger partial charge in [-0.2, -0.15) is 5.10 Å². The van der Waals surface area contributed by atoms with Crippen molar-refractivity contribution in [3.05, 3.63) is 41.5 Å². The zero-order valence-electron chi connectivity index (χ0n) is 12.2. The van der Waals surface area contributed by atoms with Gasteiger partial charge in [0.25, 0.3) is 0 Å². The average Bonchev–Trinajstić information content (AvgIpc) is 2.90. The fourth-order valence-corrected chi connectivity index (χ4v) is 2.63. The third kappa shape index (κ3) is 2.61. The average molecular weight is 287 g/mol. The molecule has 0 aliphatic heterocycles. The van der Waals surface area contributed by atoms with E-state index in [0.29, 0.717) is 12.5 Å². The Morgan fingerprint density at radius 2 is 2.00 bits per heavy atom. The number of hydrogen-bond acceptors (Lipinski definition) is 3. The van der Waals surface area contributed by atoms with Crippen LogP contribution in [-0.4, -0.2) is 19.3 Å². The quantitative estimate of drug-likeness (QED) is 0.802. The molecule has 0 saturated heterocycles. The molecule has 2 N–H and O–H groups in total. The minimum Gasteiger partial charge on any atom is -0.369 e. The number of nitrogens with zero attached hydrogens (tertiary/aromatic N) is 4. The van der Waals surface area contributed by atoms with Crippen LogP contribution in [-0.2, 0) is 13.1 Å². The summed E-state index contributed by atoms with van der Waals surface area (Å²) in [6.45, 7) is 5.50. The van der Waals surface area contributed by atoms with Gasteiger partial charge >= 0.3 is 0 Å². The highest BCUT2D eigenvalue weighted by atomic mass is 19.1. The van der Waals surface area contributed by atoms with Gasteiger partial charge in [-0.05, 0) is 44.5 Å². The zero-order valence-corrected chi connectivity index (χ0v) is 12.2. The number of nitrogen functional groups attached to an aromatic ring is 1. The van der Waals surface area contributed by atoms with Crippen LogP contribution in [0, 0.1) is 19.7 Å². The number of benzene rings is 1. The highest BCUT2D eigenvalue weighted by molar-refractivity contribution is 5.78. The molecule has 110 valence electrons. The van der Waals surface area contributed by atoms with Crippen LogP contribution in [0.15, 0.2) is 24.3 Å². The number of nitrogens with two attached hydrogens (primary N) is 1. The van der Waals surface area contributed by atoms with Crippen LogP contribution >= 0.6 is 0 Å². The number of aryl methyl sites for hydroxylation is 4. The Balaban J connectivity index is 1.77. The maximum atomic E-state index is 13.4. The molecule has 0 aliphatic carbocycles. The van der Waals surface area contributed by atoms with Crippen LogP contribution in [0.2, 0.25) is 0 Å². The van der Waals surface area contributed by atoms with Crippen LogP contribution in [0.5, 0.6) is 0 Å². The number of fused-ring (bicyclic) bond motifs is 1. The summed E-state index contributed by atoms with van der Waals surface area (Å²) < 4.78 is 17.2. The van der Waals surface area contributed by atoms with Crippen LogP contribution in [0.4, 0.5) is 10.3 Å². The molecule has 5 nitrogen and oxygen atoms in total. The van der Waals surface area contributed by atoms with Crippen LogP contribution in [0.25, 0.3) is 11.0 Å². The second-order valence-corrected chi connectivity index (χ2v) is 5.26. The molecule has 0 atom stereocenters. The fourth-order valence-electron chi connectivity index (χ4n) is 2.63. The van der Waals surface area contributed by atoms with E-state index in [0.717, 1.165) is 35.4 Å². The molecule has 3 aromatic rings. The van der Waals surface area contributed by atoms with E-state index in [1.165, 1.54) is 12.1 Å². The van der Waals surface area contributed by atoms with Crippen molar-refractivity contribution >= 4 is 17.0 Å². The molecule has 0 fully saturated rings. The Hall–Kier alpha value is -2.37. The Bertz CT molecular complexity index is 787. The number of imidazole rings is 1. The number of halogens is 1. The van der Waals surface area contributed by atoms with Gasteiger partial charge in [0, 0.05) is 18.8 Å². The summed E-state index contributed by atoms with van der Waals surface area (Å²) in [7, 11) is 0. The first kappa shape index (κ1) is 13.6.